The van der Waals surface area contributed by atoms with Crippen molar-refractivity contribution in [3.63, 3.8) is 0 Å². The van der Waals surface area contributed by atoms with Crippen molar-refractivity contribution >= 4 is 63.5 Å². The maximum atomic E-state index is 12.8. The van der Waals surface area contributed by atoms with Crippen molar-refractivity contribution in [3.05, 3.63) is 51.5 Å². The second kappa shape index (κ2) is 6.73. The minimum absolute atomic E-state index is 0.000625. The summed E-state index contributed by atoms with van der Waals surface area (Å²) in [5.74, 6) is -0.232. The van der Waals surface area contributed by atoms with Gasteiger partial charge in [-0.1, -0.05) is 12.1 Å². The summed E-state index contributed by atoms with van der Waals surface area (Å²) >= 11 is 7.16. The summed E-state index contributed by atoms with van der Waals surface area (Å²) in [5.41, 5.74) is 0.384. The predicted octanol–water partition coefficient (Wildman–Crippen LogP) is 2.72. The molecule has 0 saturated carbocycles. The van der Waals surface area contributed by atoms with Gasteiger partial charge in [-0.2, -0.15) is 0 Å². The molecule has 1 aromatic carbocycles. The van der Waals surface area contributed by atoms with Crippen molar-refractivity contribution in [3.8, 4) is 5.75 Å². The number of methoxy groups -OCH3 is 1. The maximum Gasteiger partial charge on any atom is 0.270 e. The van der Waals surface area contributed by atoms with Crippen molar-refractivity contribution < 1.29 is 18.7 Å². The predicted molar refractivity (Wildman–Crippen MR) is 101 cm³/mol. The molecule has 122 valence electrons. The number of amides is 2. The number of furan rings is 1. The van der Waals surface area contributed by atoms with E-state index in [1.165, 1.54) is 18.1 Å². The largest absolute Gasteiger partial charge is 0.495 e. The monoisotopic (exact) mass is 454 g/mol. The standard InChI is InChI=1S/C16H11IN2O4S/c1-22-12-5-3-2-4-11(12)19-15(21)10(14(20)18-16(19)24)8-9-6-7-13(17)23-9/h2-8H,1H3,(H,18,20,24). The first-order valence-corrected chi connectivity index (χ1v) is 8.30. The molecule has 1 saturated heterocycles. The van der Waals surface area contributed by atoms with Crippen molar-refractivity contribution in [2.75, 3.05) is 12.0 Å². The molecule has 0 unspecified atom stereocenters. The van der Waals surface area contributed by atoms with Crippen LogP contribution in [-0.4, -0.2) is 24.0 Å². The summed E-state index contributed by atoms with van der Waals surface area (Å²) in [5, 5.41) is 2.52. The van der Waals surface area contributed by atoms with Crippen LogP contribution in [0.25, 0.3) is 6.08 Å². The van der Waals surface area contributed by atoms with Gasteiger partial charge < -0.3 is 9.15 Å². The average Bonchev–Trinajstić information content (AvgIpc) is 2.97. The number of ether oxygens (including phenoxy) is 1. The number of para-hydroxylation sites is 2. The Hall–Kier alpha value is -2.20. The van der Waals surface area contributed by atoms with Gasteiger partial charge in [-0.05, 0) is 65.2 Å². The number of carbonyl (C=O) groups is 2. The maximum absolute atomic E-state index is 12.8. The Balaban J connectivity index is 2.05. The Morgan fingerprint density at radius 1 is 1.25 bits per heavy atom. The van der Waals surface area contributed by atoms with Crippen molar-refractivity contribution in [2.24, 2.45) is 0 Å². The number of nitrogens with one attached hydrogen (secondary N) is 1. The van der Waals surface area contributed by atoms with Crippen molar-refractivity contribution in [2.45, 2.75) is 0 Å². The smallest absolute Gasteiger partial charge is 0.270 e. The van der Waals surface area contributed by atoms with Gasteiger partial charge in [0.2, 0.25) is 0 Å². The molecule has 0 aliphatic carbocycles. The van der Waals surface area contributed by atoms with Crippen LogP contribution in [0, 0.1) is 3.77 Å². The van der Waals surface area contributed by atoms with Gasteiger partial charge in [0.15, 0.2) is 8.88 Å². The van der Waals surface area contributed by atoms with Gasteiger partial charge in [0.25, 0.3) is 11.8 Å². The molecule has 2 amide bonds. The Kier molecular flexibility index (Phi) is 4.67. The van der Waals surface area contributed by atoms with Gasteiger partial charge in [-0.15, -0.1) is 0 Å². The van der Waals surface area contributed by atoms with E-state index in [2.05, 4.69) is 5.32 Å². The van der Waals surface area contributed by atoms with E-state index >= 15 is 0 Å². The van der Waals surface area contributed by atoms with Crippen molar-refractivity contribution in [1.82, 2.24) is 5.32 Å². The quantitative estimate of drug-likeness (QED) is 0.334. The van der Waals surface area contributed by atoms with E-state index in [1.54, 1.807) is 36.4 Å². The van der Waals surface area contributed by atoms with E-state index < -0.39 is 11.8 Å². The molecule has 8 heteroatoms. The van der Waals surface area contributed by atoms with E-state index in [0.29, 0.717) is 21.0 Å². The molecular formula is C16H11IN2O4S. The zero-order chi connectivity index (χ0) is 17.3. The Bertz CT molecular complexity index is 874. The molecular weight excluding hydrogens is 443 g/mol. The minimum Gasteiger partial charge on any atom is -0.495 e. The van der Waals surface area contributed by atoms with Crippen LogP contribution in [0.15, 0.2) is 46.4 Å². The Morgan fingerprint density at radius 2 is 2.00 bits per heavy atom. The molecule has 1 aromatic heterocycles. The topological polar surface area (TPSA) is 71.8 Å². The zero-order valence-electron chi connectivity index (χ0n) is 12.4. The van der Waals surface area contributed by atoms with Crippen LogP contribution >= 0.6 is 34.8 Å². The molecule has 6 nitrogen and oxygen atoms in total. The number of carbonyl (C=O) groups excluding carboxylic acids is 2. The third-order valence-electron chi connectivity index (χ3n) is 3.31. The minimum atomic E-state index is -0.567. The number of hydrogen-bond acceptors (Lipinski definition) is 5. The lowest BCUT2D eigenvalue weighted by atomic mass is 10.1. The van der Waals surface area contributed by atoms with Gasteiger partial charge in [0, 0.05) is 0 Å². The summed E-state index contributed by atoms with van der Waals surface area (Å²) in [7, 11) is 1.50. The number of halogens is 1. The van der Waals surface area contributed by atoms with Crippen LogP contribution in [0.4, 0.5) is 5.69 Å². The normalized spacial score (nSPS) is 16.5. The van der Waals surface area contributed by atoms with Gasteiger partial charge >= 0.3 is 0 Å². The number of hydrogen-bond donors (Lipinski definition) is 1. The van der Waals surface area contributed by atoms with E-state index in [1.807, 2.05) is 22.6 Å². The first-order valence-electron chi connectivity index (χ1n) is 6.81. The molecule has 0 atom stereocenters. The number of anilines is 1. The highest BCUT2D eigenvalue weighted by molar-refractivity contribution is 14.1. The molecule has 1 aliphatic rings. The summed E-state index contributed by atoms with van der Waals surface area (Å²) in [6.45, 7) is 0. The van der Waals surface area contributed by atoms with E-state index in [-0.39, 0.29) is 10.7 Å². The van der Waals surface area contributed by atoms with Crippen molar-refractivity contribution in [1.29, 1.82) is 0 Å². The van der Waals surface area contributed by atoms with Gasteiger partial charge in [0.1, 0.15) is 17.1 Å². The van der Waals surface area contributed by atoms with Crippen LogP contribution in [0.3, 0.4) is 0 Å². The average molecular weight is 454 g/mol. The van der Waals surface area contributed by atoms with Gasteiger partial charge in [-0.3, -0.25) is 14.9 Å². The summed E-state index contributed by atoms with van der Waals surface area (Å²) < 4.78 is 11.3. The zero-order valence-corrected chi connectivity index (χ0v) is 15.4. The Labute approximate surface area is 156 Å². The summed E-state index contributed by atoms with van der Waals surface area (Å²) in [4.78, 5) is 26.2. The van der Waals surface area contributed by atoms with Crippen LogP contribution in [0.2, 0.25) is 0 Å². The lowest BCUT2D eigenvalue weighted by Gasteiger charge is -2.29. The summed E-state index contributed by atoms with van der Waals surface area (Å²) in [6.07, 6.45) is 1.39. The molecule has 2 aromatic rings. The van der Waals surface area contributed by atoms with E-state index in [0.717, 1.165) is 0 Å². The SMILES string of the molecule is COc1ccccc1N1C(=O)C(=Cc2ccc(I)o2)C(=O)NC1=S. The Morgan fingerprint density at radius 3 is 2.67 bits per heavy atom. The van der Waals surface area contributed by atoms with Crippen LogP contribution < -0.4 is 15.0 Å². The highest BCUT2D eigenvalue weighted by atomic mass is 127. The lowest BCUT2D eigenvalue weighted by molar-refractivity contribution is -0.122. The van der Waals surface area contributed by atoms with Crippen LogP contribution in [0.5, 0.6) is 5.75 Å². The van der Waals surface area contributed by atoms with Crippen LogP contribution in [0.1, 0.15) is 5.76 Å². The molecule has 0 radical (unpaired) electrons. The number of benzene rings is 1. The fraction of sp³-hybridized carbons (Fsp3) is 0.0625. The lowest BCUT2D eigenvalue weighted by Crippen LogP contribution is -2.54. The summed E-state index contributed by atoms with van der Waals surface area (Å²) in [6, 6.07) is 10.3. The molecule has 1 N–H and O–H groups in total. The molecule has 0 bridgehead atoms. The van der Waals surface area contributed by atoms with E-state index in [9.17, 15) is 9.59 Å². The number of thiocarbonyl (C=S) groups is 1. The third kappa shape index (κ3) is 3.06. The molecule has 1 aliphatic heterocycles. The second-order valence-corrected chi connectivity index (χ2v) is 6.22. The molecule has 3 rings (SSSR count). The molecule has 24 heavy (non-hydrogen) atoms. The van der Waals surface area contributed by atoms with Crippen LogP contribution in [-0.2, 0) is 9.59 Å². The third-order valence-corrected chi connectivity index (χ3v) is 4.17. The molecule has 0 spiro atoms. The highest BCUT2D eigenvalue weighted by Gasteiger charge is 2.35. The fourth-order valence-corrected chi connectivity index (χ4v) is 2.95. The first kappa shape index (κ1) is 16.7. The highest BCUT2D eigenvalue weighted by Crippen LogP contribution is 2.30. The van der Waals surface area contributed by atoms with Gasteiger partial charge in [0.05, 0.1) is 12.8 Å². The molecule has 2 heterocycles. The first-order chi connectivity index (χ1) is 11.5. The second-order valence-electron chi connectivity index (χ2n) is 4.77. The number of nitrogens with zero attached hydrogens (tertiary/aromatic N) is 1. The number of rotatable bonds is 3. The molecule has 1 fully saturated rings. The fourth-order valence-electron chi connectivity index (χ4n) is 2.24. The van der Waals surface area contributed by atoms with E-state index in [4.69, 9.17) is 21.4 Å². The van der Waals surface area contributed by atoms with Gasteiger partial charge in [-0.25, -0.2) is 4.90 Å².